The molecule has 0 saturated heterocycles. The van der Waals surface area contributed by atoms with Crippen LogP contribution in [0.5, 0.6) is 0 Å². The molecule has 0 aliphatic heterocycles. The van der Waals surface area contributed by atoms with E-state index in [0.717, 1.165) is 17.8 Å². The summed E-state index contributed by atoms with van der Waals surface area (Å²) in [4.78, 5) is 14.2. The van der Waals surface area contributed by atoms with Gasteiger partial charge in [0.15, 0.2) is 0 Å². The molecule has 0 radical (unpaired) electrons. The number of nitrogens with two attached hydrogens (primary N) is 1. The first-order valence-electron chi connectivity index (χ1n) is 5.69. The molecule has 1 rings (SSSR count). The third-order valence-electron chi connectivity index (χ3n) is 2.51. The summed E-state index contributed by atoms with van der Waals surface area (Å²) in [5.41, 5.74) is 0. The number of sulfonamides is 1. The number of carbonyl (C=O) groups is 1. The van der Waals surface area contributed by atoms with Gasteiger partial charge >= 0.3 is 0 Å². The molecule has 19 heavy (non-hydrogen) atoms. The Morgan fingerprint density at radius 1 is 1.47 bits per heavy atom. The molecule has 108 valence electrons. The second kappa shape index (κ2) is 6.99. The van der Waals surface area contributed by atoms with Crippen molar-refractivity contribution in [3.8, 4) is 0 Å². The Hall–Kier alpha value is -0.960. The molecule has 1 heterocycles. The minimum atomic E-state index is -3.68. The summed E-state index contributed by atoms with van der Waals surface area (Å²) in [6, 6.07) is 3.04. The number of methoxy groups -OCH3 is 1. The minimum Gasteiger partial charge on any atom is -0.385 e. The summed E-state index contributed by atoms with van der Waals surface area (Å²) in [6.45, 7) is 1.21. The molecule has 0 unspecified atom stereocenters. The zero-order valence-electron chi connectivity index (χ0n) is 11.0. The first-order valence-corrected chi connectivity index (χ1v) is 8.05. The number of nitrogens with zero attached hydrogens (tertiary/aromatic N) is 1. The predicted octanol–water partition coefficient (Wildman–Crippen LogP) is 0.433. The van der Waals surface area contributed by atoms with E-state index in [2.05, 4.69) is 0 Å². The van der Waals surface area contributed by atoms with Crippen molar-refractivity contribution in [1.82, 2.24) is 4.90 Å². The van der Waals surface area contributed by atoms with Crippen molar-refractivity contribution in [3.63, 3.8) is 0 Å². The Kier molecular flexibility index (Phi) is 5.92. The van der Waals surface area contributed by atoms with Gasteiger partial charge in [-0.3, -0.25) is 4.79 Å². The van der Waals surface area contributed by atoms with E-state index in [0.29, 0.717) is 18.0 Å². The number of amides is 1. The van der Waals surface area contributed by atoms with Crippen LogP contribution in [0.25, 0.3) is 0 Å². The van der Waals surface area contributed by atoms with Gasteiger partial charge in [-0.05, 0) is 18.6 Å². The molecule has 0 bridgehead atoms. The van der Waals surface area contributed by atoms with Crippen LogP contribution in [-0.2, 0) is 26.0 Å². The largest absolute Gasteiger partial charge is 0.385 e. The van der Waals surface area contributed by atoms with Crippen LogP contribution in [-0.4, -0.2) is 46.5 Å². The zero-order chi connectivity index (χ0) is 14.5. The van der Waals surface area contributed by atoms with Gasteiger partial charge in [-0.2, -0.15) is 0 Å². The molecular formula is C11H18N2O4S2. The van der Waals surface area contributed by atoms with Gasteiger partial charge in [-0.1, -0.05) is 0 Å². The summed E-state index contributed by atoms with van der Waals surface area (Å²) < 4.78 is 27.2. The van der Waals surface area contributed by atoms with Gasteiger partial charge in [0.1, 0.15) is 4.21 Å². The second-order valence-corrected chi connectivity index (χ2v) is 7.06. The van der Waals surface area contributed by atoms with Gasteiger partial charge in [0.25, 0.3) is 0 Å². The maximum Gasteiger partial charge on any atom is 0.247 e. The number of primary sulfonamides is 1. The molecule has 0 fully saturated rings. The monoisotopic (exact) mass is 306 g/mol. The number of rotatable bonds is 7. The van der Waals surface area contributed by atoms with E-state index in [1.807, 2.05) is 0 Å². The lowest BCUT2D eigenvalue weighted by Gasteiger charge is -2.16. The second-order valence-electron chi connectivity index (χ2n) is 4.10. The van der Waals surface area contributed by atoms with Crippen molar-refractivity contribution in [2.24, 2.45) is 5.14 Å². The first-order chi connectivity index (χ1) is 8.84. The highest BCUT2D eigenvalue weighted by atomic mass is 32.2. The van der Waals surface area contributed by atoms with Crippen molar-refractivity contribution in [1.29, 1.82) is 0 Å². The Labute approximate surface area is 117 Å². The molecule has 8 heteroatoms. The van der Waals surface area contributed by atoms with Crippen LogP contribution < -0.4 is 5.14 Å². The maximum absolute atomic E-state index is 11.9. The zero-order valence-corrected chi connectivity index (χ0v) is 12.6. The van der Waals surface area contributed by atoms with E-state index in [9.17, 15) is 13.2 Å². The van der Waals surface area contributed by atoms with Gasteiger partial charge in [0, 0.05) is 32.2 Å². The van der Waals surface area contributed by atoms with Crippen LogP contribution in [0.15, 0.2) is 16.3 Å². The van der Waals surface area contributed by atoms with Crippen molar-refractivity contribution in [3.05, 3.63) is 17.0 Å². The summed E-state index contributed by atoms with van der Waals surface area (Å²) in [5, 5.41) is 5.02. The molecular weight excluding hydrogens is 288 g/mol. The van der Waals surface area contributed by atoms with Crippen molar-refractivity contribution in [2.45, 2.75) is 17.1 Å². The topological polar surface area (TPSA) is 89.7 Å². The minimum absolute atomic E-state index is 0.0566. The van der Waals surface area contributed by atoms with E-state index < -0.39 is 10.0 Å². The number of ether oxygens (including phenoxy) is 1. The van der Waals surface area contributed by atoms with Crippen molar-refractivity contribution < 1.29 is 17.9 Å². The molecule has 1 aromatic rings. The average molecular weight is 306 g/mol. The fourth-order valence-electron chi connectivity index (χ4n) is 1.46. The van der Waals surface area contributed by atoms with Gasteiger partial charge in [-0.25, -0.2) is 13.6 Å². The van der Waals surface area contributed by atoms with Crippen LogP contribution in [0.3, 0.4) is 0 Å². The Morgan fingerprint density at radius 2 is 2.16 bits per heavy atom. The fourth-order valence-corrected chi connectivity index (χ4v) is 3.23. The van der Waals surface area contributed by atoms with Crippen LogP contribution in [0.1, 0.15) is 11.3 Å². The van der Waals surface area contributed by atoms with E-state index in [1.165, 1.54) is 6.07 Å². The summed E-state index contributed by atoms with van der Waals surface area (Å²) in [6.07, 6.45) is 0.954. The van der Waals surface area contributed by atoms with Gasteiger partial charge in [0.2, 0.25) is 15.9 Å². The number of hydrogen-bond acceptors (Lipinski definition) is 5. The summed E-state index contributed by atoms with van der Waals surface area (Å²) in [5.74, 6) is -0.0566. The molecule has 0 saturated carbocycles. The third kappa shape index (κ3) is 5.27. The molecule has 0 aromatic carbocycles. The lowest BCUT2D eigenvalue weighted by atomic mass is 10.3. The standard InChI is InChI=1S/C11H18N2O4S2/c1-13(6-3-7-17-2)10(14)8-9-4-5-11(18-9)19(12,15)16/h4-5H,3,6-8H2,1-2H3,(H2,12,15,16). The third-order valence-corrected chi connectivity index (χ3v) is 5.03. The number of carbonyl (C=O) groups excluding carboxylic acids is 1. The quantitative estimate of drug-likeness (QED) is 0.740. The molecule has 1 aromatic heterocycles. The molecule has 1 amide bonds. The van der Waals surface area contributed by atoms with Crippen LogP contribution >= 0.6 is 11.3 Å². The fraction of sp³-hybridized carbons (Fsp3) is 0.545. The van der Waals surface area contributed by atoms with Crippen molar-refractivity contribution >= 4 is 27.3 Å². The van der Waals surface area contributed by atoms with Gasteiger partial charge < -0.3 is 9.64 Å². The summed E-state index contributed by atoms with van der Waals surface area (Å²) >= 11 is 1.03. The molecule has 2 N–H and O–H groups in total. The predicted molar refractivity (Wildman–Crippen MR) is 73.5 cm³/mol. The maximum atomic E-state index is 11.9. The van der Waals surface area contributed by atoms with Gasteiger partial charge in [0.05, 0.1) is 6.42 Å². The number of hydrogen-bond donors (Lipinski definition) is 1. The normalized spacial score (nSPS) is 11.5. The lowest BCUT2D eigenvalue weighted by molar-refractivity contribution is -0.129. The Bertz CT molecular complexity index is 525. The van der Waals surface area contributed by atoms with Crippen LogP contribution in [0.4, 0.5) is 0 Å². The molecule has 0 aliphatic rings. The first kappa shape index (κ1) is 16.1. The Morgan fingerprint density at radius 3 is 2.68 bits per heavy atom. The number of thiophene rings is 1. The summed E-state index contributed by atoms with van der Waals surface area (Å²) in [7, 11) is -0.351. The van der Waals surface area contributed by atoms with E-state index in [1.54, 1.807) is 25.1 Å². The molecule has 0 aliphatic carbocycles. The average Bonchev–Trinajstić information content (AvgIpc) is 2.77. The smallest absolute Gasteiger partial charge is 0.247 e. The Balaban J connectivity index is 2.55. The van der Waals surface area contributed by atoms with E-state index in [4.69, 9.17) is 9.88 Å². The van der Waals surface area contributed by atoms with E-state index >= 15 is 0 Å². The highest BCUT2D eigenvalue weighted by Crippen LogP contribution is 2.21. The van der Waals surface area contributed by atoms with Crippen LogP contribution in [0, 0.1) is 0 Å². The SMILES string of the molecule is COCCCN(C)C(=O)Cc1ccc(S(N)(=O)=O)s1. The molecule has 0 spiro atoms. The lowest BCUT2D eigenvalue weighted by Crippen LogP contribution is -2.29. The molecule has 0 atom stereocenters. The van der Waals surface area contributed by atoms with Crippen LogP contribution in [0.2, 0.25) is 0 Å². The highest BCUT2D eigenvalue weighted by Gasteiger charge is 2.15. The highest BCUT2D eigenvalue weighted by molar-refractivity contribution is 7.91. The van der Waals surface area contributed by atoms with Gasteiger partial charge in [-0.15, -0.1) is 11.3 Å². The van der Waals surface area contributed by atoms with E-state index in [-0.39, 0.29) is 16.5 Å². The number of likely N-dealkylation sites (N-methyl/N-ethyl adjacent to an activating group) is 1. The van der Waals surface area contributed by atoms with Crippen molar-refractivity contribution in [2.75, 3.05) is 27.3 Å². The molecule has 6 nitrogen and oxygen atoms in total.